The van der Waals surface area contributed by atoms with Gasteiger partial charge in [0, 0.05) is 10.6 Å². The third kappa shape index (κ3) is 5.73. The van der Waals surface area contributed by atoms with Crippen molar-refractivity contribution in [3.8, 4) is 17.2 Å². The first-order chi connectivity index (χ1) is 16.4. The molecule has 0 saturated carbocycles. The molecule has 0 radical (unpaired) electrons. The summed E-state index contributed by atoms with van der Waals surface area (Å²) in [6, 6.07) is 18.1. The molecule has 0 atom stereocenters. The van der Waals surface area contributed by atoms with E-state index in [-0.39, 0.29) is 11.7 Å². The van der Waals surface area contributed by atoms with Crippen LogP contribution in [0.3, 0.4) is 0 Å². The zero-order chi connectivity index (χ0) is 24.1. The summed E-state index contributed by atoms with van der Waals surface area (Å²) >= 11 is 7.43. The van der Waals surface area contributed by atoms with E-state index >= 15 is 0 Å². The Hall–Kier alpha value is -3.42. The van der Waals surface area contributed by atoms with Crippen molar-refractivity contribution >= 4 is 46.2 Å². The van der Waals surface area contributed by atoms with Crippen molar-refractivity contribution in [2.75, 3.05) is 6.61 Å². The fraction of sp³-hybridized carbons (Fsp3) is 0.154. The van der Waals surface area contributed by atoms with E-state index in [0.717, 1.165) is 16.7 Å². The zero-order valence-corrected chi connectivity index (χ0v) is 20.2. The molecule has 4 rings (SSSR count). The summed E-state index contributed by atoms with van der Waals surface area (Å²) in [6.07, 6.45) is 1.76. The topological polar surface area (TPSA) is 80.2 Å². The van der Waals surface area contributed by atoms with E-state index in [4.69, 9.17) is 21.1 Å². The fourth-order valence-corrected chi connectivity index (χ4v) is 4.26. The first kappa shape index (κ1) is 23.7. The van der Waals surface area contributed by atoms with Crippen LogP contribution in [-0.2, 0) is 11.4 Å². The van der Waals surface area contributed by atoms with E-state index in [1.54, 1.807) is 24.3 Å². The lowest BCUT2D eigenvalue weighted by Crippen LogP contribution is -2.19. The van der Waals surface area contributed by atoms with Crippen molar-refractivity contribution in [3.63, 3.8) is 0 Å². The number of rotatable bonds is 7. The van der Waals surface area contributed by atoms with Crippen LogP contribution in [0, 0.1) is 6.92 Å². The third-order valence-electron chi connectivity index (χ3n) is 4.91. The van der Waals surface area contributed by atoms with Crippen LogP contribution >= 0.6 is 23.4 Å². The standard InChI is InChI=1S/C26H23ClN2O4S/c1-3-32-23-13-17(9-11-22(23)33-15-18-6-4-5-7-19(18)27)14-24-25(31)29-26(34-24)28-20-12-16(2)8-10-21(20)30/h4-14,30H,3,15H2,1-2H3,(H,28,29,31)/b24-14-. The summed E-state index contributed by atoms with van der Waals surface area (Å²) in [7, 11) is 0. The molecule has 0 spiro atoms. The average Bonchev–Trinajstić information content (AvgIpc) is 3.15. The molecule has 34 heavy (non-hydrogen) atoms. The first-order valence-corrected chi connectivity index (χ1v) is 11.8. The van der Waals surface area contributed by atoms with Crippen LogP contribution in [-0.4, -0.2) is 22.8 Å². The van der Waals surface area contributed by atoms with Gasteiger partial charge in [0.15, 0.2) is 16.7 Å². The number of aromatic hydroxyl groups is 1. The van der Waals surface area contributed by atoms with Crippen LogP contribution in [0.15, 0.2) is 70.6 Å². The normalized spacial score (nSPS) is 15.6. The van der Waals surface area contributed by atoms with Crippen molar-refractivity contribution in [3.05, 3.63) is 87.3 Å². The number of phenols is 1. The molecule has 1 fully saturated rings. The van der Waals surface area contributed by atoms with Gasteiger partial charge >= 0.3 is 0 Å². The van der Waals surface area contributed by atoms with Gasteiger partial charge in [-0.1, -0.05) is 41.9 Å². The summed E-state index contributed by atoms with van der Waals surface area (Å²) in [4.78, 5) is 17.4. The Morgan fingerprint density at radius 1 is 1.09 bits per heavy atom. The predicted octanol–water partition coefficient (Wildman–Crippen LogP) is 6.22. The number of aryl methyl sites for hydroxylation is 1. The highest BCUT2D eigenvalue weighted by Gasteiger charge is 2.24. The average molecular weight is 495 g/mol. The van der Waals surface area contributed by atoms with Gasteiger partial charge in [-0.3, -0.25) is 4.79 Å². The molecule has 0 aliphatic carbocycles. The minimum absolute atomic E-state index is 0.0547. The monoisotopic (exact) mass is 494 g/mol. The van der Waals surface area contributed by atoms with Crippen molar-refractivity contribution in [2.24, 2.45) is 4.99 Å². The van der Waals surface area contributed by atoms with E-state index in [1.165, 1.54) is 11.8 Å². The number of carbonyl (C=O) groups excluding carboxylic acids is 1. The highest BCUT2D eigenvalue weighted by molar-refractivity contribution is 8.18. The van der Waals surface area contributed by atoms with E-state index in [0.29, 0.717) is 45.5 Å². The summed E-state index contributed by atoms with van der Waals surface area (Å²) < 4.78 is 11.7. The van der Waals surface area contributed by atoms with E-state index < -0.39 is 0 Å². The number of halogens is 1. The van der Waals surface area contributed by atoms with E-state index in [2.05, 4.69) is 10.3 Å². The molecule has 2 N–H and O–H groups in total. The Balaban J connectivity index is 1.53. The fourth-order valence-electron chi connectivity index (χ4n) is 3.24. The molecule has 0 bridgehead atoms. The Morgan fingerprint density at radius 2 is 1.91 bits per heavy atom. The summed E-state index contributed by atoms with van der Waals surface area (Å²) in [5.41, 5.74) is 3.03. The summed E-state index contributed by atoms with van der Waals surface area (Å²) in [6.45, 7) is 4.58. The number of aliphatic imine (C=N–C) groups is 1. The number of hydrogen-bond donors (Lipinski definition) is 2. The van der Waals surface area contributed by atoms with Crippen LogP contribution < -0.4 is 14.8 Å². The van der Waals surface area contributed by atoms with Crippen molar-refractivity contribution < 1.29 is 19.4 Å². The molecule has 1 saturated heterocycles. The molecule has 6 nitrogen and oxygen atoms in total. The van der Waals surface area contributed by atoms with Gasteiger partial charge in [-0.15, -0.1) is 0 Å². The number of carbonyl (C=O) groups is 1. The molecule has 174 valence electrons. The number of thioether (sulfide) groups is 1. The second kappa shape index (κ2) is 10.7. The maximum absolute atomic E-state index is 12.5. The Morgan fingerprint density at radius 3 is 2.71 bits per heavy atom. The van der Waals surface area contributed by atoms with Crippen molar-refractivity contribution in [1.82, 2.24) is 5.32 Å². The van der Waals surface area contributed by atoms with Crippen LogP contribution in [0.1, 0.15) is 23.6 Å². The molecular weight excluding hydrogens is 472 g/mol. The van der Waals surface area contributed by atoms with Crippen molar-refractivity contribution in [2.45, 2.75) is 20.5 Å². The highest BCUT2D eigenvalue weighted by Crippen LogP contribution is 2.34. The summed E-state index contributed by atoms with van der Waals surface area (Å²) in [5.74, 6) is 0.961. The molecule has 8 heteroatoms. The van der Waals surface area contributed by atoms with E-state index in [9.17, 15) is 9.90 Å². The number of ether oxygens (including phenoxy) is 2. The van der Waals surface area contributed by atoms with Gasteiger partial charge in [-0.25, -0.2) is 4.99 Å². The van der Waals surface area contributed by atoms with Crippen molar-refractivity contribution in [1.29, 1.82) is 0 Å². The number of amidine groups is 1. The molecule has 1 aliphatic heterocycles. The second-order valence-corrected chi connectivity index (χ2v) is 8.93. The van der Waals surface area contributed by atoms with Gasteiger partial charge in [-0.2, -0.15) is 0 Å². The van der Waals surface area contributed by atoms with E-state index in [1.807, 2.05) is 56.3 Å². The molecule has 1 heterocycles. The SMILES string of the molecule is CCOc1cc(/C=C2\SC(=Nc3cc(C)ccc3O)NC2=O)ccc1OCc1ccccc1Cl. The number of hydrogen-bond acceptors (Lipinski definition) is 6. The number of benzene rings is 3. The Kier molecular flexibility index (Phi) is 7.45. The highest BCUT2D eigenvalue weighted by atomic mass is 35.5. The van der Waals surface area contributed by atoms with Gasteiger partial charge in [0.25, 0.3) is 5.91 Å². The minimum atomic E-state index is -0.257. The van der Waals surface area contributed by atoms with Gasteiger partial charge in [0.05, 0.1) is 11.5 Å². The lowest BCUT2D eigenvalue weighted by atomic mass is 10.2. The molecular formula is C26H23ClN2O4S. The smallest absolute Gasteiger partial charge is 0.264 e. The Bertz CT molecular complexity index is 1290. The largest absolute Gasteiger partial charge is 0.506 e. The minimum Gasteiger partial charge on any atom is -0.506 e. The number of nitrogens with zero attached hydrogens (tertiary/aromatic N) is 1. The predicted molar refractivity (Wildman–Crippen MR) is 137 cm³/mol. The molecule has 3 aromatic carbocycles. The summed E-state index contributed by atoms with van der Waals surface area (Å²) in [5, 5.41) is 13.8. The molecule has 1 aliphatic rings. The molecule has 0 unspecified atom stereocenters. The third-order valence-corrected chi connectivity index (χ3v) is 6.19. The Labute approximate surface area is 207 Å². The number of amides is 1. The molecule has 1 amide bonds. The van der Waals surface area contributed by atoms with Crippen LogP contribution in [0.2, 0.25) is 5.02 Å². The van der Waals surface area contributed by atoms with Crippen LogP contribution in [0.5, 0.6) is 17.2 Å². The number of nitrogens with one attached hydrogen (secondary N) is 1. The van der Waals surface area contributed by atoms with Gasteiger partial charge < -0.3 is 19.9 Å². The van der Waals surface area contributed by atoms with Gasteiger partial charge in [0.1, 0.15) is 18.0 Å². The quantitative estimate of drug-likeness (QED) is 0.381. The van der Waals surface area contributed by atoms with Crippen LogP contribution in [0.4, 0.5) is 5.69 Å². The van der Waals surface area contributed by atoms with Gasteiger partial charge in [0.2, 0.25) is 0 Å². The molecule has 0 aromatic heterocycles. The zero-order valence-electron chi connectivity index (χ0n) is 18.7. The first-order valence-electron chi connectivity index (χ1n) is 10.6. The van der Waals surface area contributed by atoms with Gasteiger partial charge in [-0.05, 0) is 73.1 Å². The maximum atomic E-state index is 12.5. The van der Waals surface area contributed by atoms with Crippen LogP contribution in [0.25, 0.3) is 6.08 Å². The lowest BCUT2D eigenvalue weighted by molar-refractivity contribution is -0.115. The number of phenolic OH excluding ortho intramolecular Hbond substituents is 1. The lowest BCUT2D eigenvalue weighted by Gasteiger charge is -2.13. The second-order valence-electron chi connectivity index (χ2n) is 7.49. The molecule has 3 aromatic rings. The maximum Gasteiger partial charge on any atom is 0.264 e.